The molecule has 1 saturated carbocycles. The standard InChI is InChI=1S/C19H22N2O4S2/c22-26(23,20-15-8-9-15)16-10-12-17(13-11-16)27(24,25)21-19-7-3-5-14-4-1-2-6-18(14)19/h3,5,7,10-13,15,20-21H,1-2,4,6,8-9H2. The number of sulfonamides is 2. The van der Waals surface area contributed by atoms with Crippen molar-refractivity contribution in [2.75, 3.05) is 4.72 Å². The Bertz CT molecular complexity index is 1060. The quantitative estimate of drug-likeness (QED) is 0.772. The second kappa shape index (κ2) is 6.92. The zero-order valence-electron chi connectivity index (χ0n) is 14.8. The third-order valence-corrected chi connectivity index (χ3v) is 7.90. The Morgan fingerprint density at radius 1 is 0.778 bits per heavy atom. The molecule has 2 N–H and O–H groups in total. The van der Waals surface area contributed by atoms with Gasteiger partial charge in [-0.2, -0.15) is 0 Å². The molecule has 0 saturated heterocycles. The minimum absolute atomic E-state index is 0.00401. The molecule has 8 heteroatoms. The van der Waals surface area contributed by atoms with Crippen molar-refractivity contribution >= 4 is 25.7 Å². The van der Waals surface area contributed by atoms with E-state index in [2.05, 4.69) is 9.44 Å². The average molecular weight is 407 g/mol. The fourth-order valence-corrected chi connectivity index (χ4v) is 5.77. The molecule has 2 aliphatic rings. The van der Waals surface area contributed by atoms with E-state index in [-0.39, 0.29) is 15.8 Å². The summed E-state index contributed by atoms with van der Waals surface area (Å²) in [5.41, 5.74) is 2.86. The first kappa shape index (κ1) is 18.5. The molecule has 0 unspecified atom stereocenters. The predicted molar refractivity (Wildman–Crippen MR) is 104 cm³/mol. The Balaban J connectivity index is 1.57. The van der Waals surface area contributed by atoms with Gasteiger partial charge in [-0.25, -0.2) is 21.6 Å². The predicted octanol–water partition coefficient (Wildman–Crippen LogP) is 2.81. The smallest absolute Gasteiger partial charge is 0.261 e. The van der Waals surface area contributed by atoms with E-state index < -0.39 is 20.0 Å². The lowest BCUT2D eigenvalue weighted by Gasteiger charge is -2.20. The van der Waals surface area contributed by atoms with Gasteiger partial charge >= 0.3 is 0 Å². The Hall–Kier alpha value is -1.90. The van der Waals surface area contributed by atoms with Crippen LogP contribution in [0, 0.1) is 0 Å². The summed E-state index contributed by atoms with van der Waals surface area (Å²) in [5, 5.41) is 0. The molecule has 27 heavy (non-hydrogen) atoms. The van der Waals surface area contributed by atoms with Crippen LogP contribution in [0.3, 0.4) is 0 Å². The van der Waals surface area contributed by atoms with Gasteiger partial charge in [0.15, 0.2) is 0 Å². The van der Waals surface area contributed by atoms with Crippen molar-refractivity contribution in [3.8, 4) is 0 Å². The van der Waals surface area contributed by atoms with Crippen molar-refractivity contribution in [2.24, 2.45) is 0 Å². The molecule has 0 bridgehead atoms. The summed E-state index contributed by atoms with van der Waals surface area (Å²) >= 11 is 0. The van der Waals surface area contributed by atoms with Crippen molar-refractivity contribution in [1.82, 2.24) is 4.72 Å². The maximum atomic E-state index is 12.8. The fraction of sp³-hybridized carbons (Fsp3) is 0.368. The van der Waals surface area contributed by atoms with Gasteiger partial charge < -0.3 is 0 Å². The van der Waals surface area contributed by atoms with Crippen molar-refractivity contribution < 1.29 is 16.8 Å². The zero-order valence-corrected chi connectivity index (χ0v) is 16.4. The van der Waals surface area contributed by atoms with Gasteiger partial charge in [0.1, 0.15) is 0 Å². The number of hydrogen-bond acceptors (Lipinski definition) is 4. The minimum atomic E-state index is -3.79. The van der Waals surface area contributed by atoms with Crippen molar-refractivity contribution in [3.05, 3.63) is 53.6 Å². The van der Waals surface area contributed by atoms with E-state index in [4.69, 9.17) is 0 Å². The van der Waals surface area contributed by atoms with Crippen LogP contribution in [0.15, 0.2) is 52.3 Å². The molecule has 4 rings (SSSR count). The maximum Gasteiger partial charge on any atom is 0.261 e. The first-order chi connectivity index (χ1) is 12.9. The molecule has 2 aromatic carbocycles. The van der Waals surface area contributed by atoms with E-state index in [1.165, 1.54) is 29.8 Å². The highest BCUT2D eigenvalue weighted by atomic mass is 32.2. The number of hydrogen-bond donors (Lipinski definition) is 2. The van der Waals surface area contributed by atoms with E-state index in [0.29, 0.717) is 5.69 Å². The van der Waals surface area contributed by atoms with Gasteiger partial charge in [-0.05, 0) is 80.0 Å². The lowest BCUT2D eigenvalue weighted by molar-refractivity contribution is 0.580. The van der Waals surface area contributed by atoms with E-state index in [9.17, 15) is 16.8 Å². The van der Waals surface area contributed by atoms with E-state index >= 15 is 0 Å². The number of aryl methyl sites for hydroxylation is 1. The summed E-state index contributed by atoms with van der Waals surface area (Å²) in [5.74, 6) is 0. The highest BCUT2D eigenvalue weighted by Gasteiger charge is 2.28. The summed E-state index contributed by atoms with van der Waals surface area (Å²) in [6.45, 7) is 0. The third kappa shape index (κ3) is 4.02. The Morgan fingerprint density at radius 2 is 1.41 bits per heavy atom. The van der Waals surface area contributed by atoms with Crippen molar-refractivity contribution in [3.63, 3.8) is 0 Å². The van der Waals surface area contributed by atoms with Crippen LogP contribution in [0.4, 0.5) is 5.69 Å². The normalized spacial score (nSPS) is 17.3. The van der Waals surface area contributed by atoms with Crippen molar-refractivity contribution in [1.29, 1.82) is 0 Å². The summed E-state index contributed by atoms with van der Waals surface area (Å²) in [4.78, 5) is 0.117. The highest BCUT2D eigenvalue weighted by molar-refractivity contribution is 7.92. The number of rotatable bonds is 6. The fourth-order valence-electron chi connectivity index (χ4n) is 3.37. The van der Waals surface area contributed by atoms with E-state index in [1.807, 2.05) is 12.1 Å². The van der Waals surface area contributed by atoms with Crippen LogP contribution in [0.1, 0.15) is 36.8 Å². The molecular weight excluding hydrogens is 384 g/mol. The summed E-state index contributed by atoms with van der Waals surface area (Å²) < 4.78 is 55.2. The van der Waals surface area contributed by atoms with Gasteiger partial charge in [0, 0.05) is 6.04 Å². The molecule has 0 atom stereocenters. The van der Waals surface area contributed by atoms with Crippen LogP contribution < -0.4 is 9.44 Å². The topological polar surface area (TPSA) is 92.3 Å². The Kier molecular flexibility index (Phi) is 4.73. The highest BCUT2D eigenvalue weighted by Crippen LogP contribution is 2.29. The number of fused-ring (bicyclic) bond motifs is 1. The Labute approximate surface area is 160 Å². The SMILES string of the molecule is O=S(=O)(Nc1cccc2c1CCCC2)c1ccc(S(=O)(=O)NC2CC2)cc1. The van der Waals surface area contributed by atoms with Gasteiger partial charge in [0.05, 0.1) is 15.5 Å². The van der Waals surface area contributed by atoms with Crippen LogP contribution in [-0.2, 0) is 32.9 Å². The van der Waals surface area contributed by atoms with Crippen LogP contribution >= 0.6 is 0 Å². The van der Waals surface area contributed by atoms with Gasteiger partial charge in [0.2, 0.25) is 10.0 Å². The molecule has 144 valence electrons. The molecule has 0 aliphatic heterocycles. The largest absolute Gasteiger partial charge is 0.279 e. The summed E-state index contributed by atoms with van der Waals surface area (Å²) in [6, 6.07) is 11.0. The lowest BCUT2D eigenvalue weighted by atomic mass is 9.91. The molecule has 1 fully saturated rings. The molecule has 2 aromatic rings. The van der Waals surface area contributed by atoms with E-state index in [0.717, 1.165) is 44.1 Å². The molecule has 0 radical (unpaired) electrons. The maximum absolute atomic E-state index is 12.8. The molecule has 0 heterocycles. The first-order valence-electron chi connectivity index (χ1n) is 9.11. The Morgan fingerprint density at radius 3 is 2.07 bits per heavy atom. The van der Waals surface area contributed by atoms with Gasteiger partial charge in [-0.3, -0.25) is 4.72 Å². The molecule has 6 nitrogen and oxygen atoms in total. The zero-order chi connectivity index (χ0) is 19.1. The van der Waals surface area contributed by atoms with E-state index in [1.54, 1.807) is 6.07 Å². The molecule has 2 aliphatic carbocycles. The van der Waals surface area contributed by atoms with Crippen LogP contribution in [-0.4, -0.2) is 22.9 Å². The monoisotopic (exact) mass is 406 g/mol. The van der Waals surface area contributed by atoms with Gasteiger partial charge in [-0.15, -0.1) is 0 Å². The summed E-state index contributed by atoms with van der Waals surface area (Å²) in [6.07, 6.45) is 5.68. The van der Waals surface area contributed by atoms with Crippen molar-refractivity contribution in [2.45, 2.75) is 54.4 Å². The minimum Gasteiger partial charge on any atom is -0.279 e. The second-order valence-electron chi connectivity index (χ2n) is 7.12. The van der Waals surface area contributed by atoms with Crippen LogP contribution in [0.2, 0.25) is 0 Å². The summed E-state index contributed by atoms with van der Waals surface area (Å²) in [7, 11) is -7.38. The first-order valence-corrected chi connectivity index (χ1v) is 12.1. The second-order valence-corrected chi connectivity index (χ2v) is 10.5. The van der Waals surface area contributed by atoms with Gasteiger partial charge in [0.25, 0.3) is 10.0 Å². The third-order valence-electron chi connectivity index (χ3n) is 4.98. The molecule has 0 spiro atoms. The van der Waals surface area contributed by atoms with Crippen LogP contribution in [0.5, 0.6) is 0 Å². The average Bonchev–Trinajstić information content (AvgIpc) is 3.45. The molecular formula is C19H22N2O4S2. The number of nitrogens with one attached hydrogen (secondary N) is 2. The number of anilines is 1. The number of benzene rings is 2. The molecule has 0 aromatic heterocycles. The lowest BCUT2D eigenvalue weighted by Crippen LogP contribution is -2.25. The van der Waals surface area contributed by atoms with Crippen LogP contribution in [0.25, 0.3) is 0 Å². The van der Waals surface area contributed by atoms with Gasteiger partial charge in [-0.1, -0.05) is 12.1 Å². The molecule has 0 amide bonds.